The lowest BCUT2D eigenvalue weighted by Gasteiger charge is -2.15. The first-order valence-electron chi connectivity index (χ1n) is 7.69. The molecule has 0 fully saturated rings. The lowest BCUT2D eigenvalue weighted by Crippen LogP contribution is -2.21. The number of aryl methyl sites for hydroxylation is 1. The molecule has 136 valence electrons. The number of nitrogens with zero attached hydrogens (tertiary/aromatic N) is 4. The quantitative estimate of drug-likeness (QED) is 0.749. The van der Waals surface area contributed by atoms with E-state index in [4.69, 9.17) is 39.5 Å². The maximum Gasteiger partial charge on any atom is 0.270 e. The van der Waals surface area contributed by atoms with Crippen molar-refractivity contribution in [2.45, 2.75) is 40.2 Å². The van der Waals surface area contributed by atoms with E-state index in [1.54, 1.807) is 13.8 Å². The first-order valence-corrected chi connectivity index (χ1v) is 8.82. The second kappa shape index (κ2) is 8.69. The van der Waals surface area contributed by atoms with Crippen molar-refractivity contribution in [3.05, 3.63) is 26.2 Å². The third kappa shape index (κ3) is 4.74. The van der Waals surface area contributed by atoms with Crippen LogP contribution in [0.15, 0.2) is 0 Å². The summed E-state index contributed by atoms with van der Waals surface area (Å²) < 4.78 is 5.47. The largest absolute Gasteiger partial charge is 0.481 e. The van der Waals surface area contributed by atoms with Crippen LogP contribution in [0.5, 0.6) is 5.75 Å². The van der Waals surface area contributed by atoms with Crippen LogP contribution in [0.3, 0.4) is 0 Å². The van der Waals surface area contributed by atoms with Crippen LogP contribution < -0.4 is 10.1 Å². The standard InChI is InChI=1S/C15H18Cl3N5O2/c1-4-5-6-23-21-15(20-22-23)19-10(24)7-25-14-12(17)8(2)11(16)9(3)13(14)18/h4-7H2,1-3H3,(H,19,21,24). The molecule has 1 heterocycles. The van der Waals surface area contributed by atoms with Gasteiger partial charge in [0.25, 0.3) is 11.9 Å². The van der Waals surface area contributed by atoms with Crippen LogP contribution in [-0.2, 0) is 11.3 Å². The summed E-state index contributed by atoms with van der Waals surface area (Å²) in [5.41, 5.74) is 1.28. The van der Waals surface area contributed by atoms with Crippen molar-refractivity contribution in [3.8, 4) is 5.75 Å². The molecule has 1 amide bonds. The van der Waals surface area contributed by atoms with E-state index in [2.05, 4.69) is 27.7 Å². The van der Waals surface area contributed by atoms with Crippen molar-refractivity contribution in [2.75, 3.05) is 11.9 Å². The third-order valence-electron chi connectivity index (χ3n) is 3.48. The molecule has 0 radical (unpaired) electrons. The molecule has 2 rings (SSSR count). The minimum Gasteiger partial charge on any atom is -0.481 e. The lowest BCUT2D eigenvalue weighted by molar-refractivity contribution is -0.118. The van der Waals surface area contributed by atoms with Crippen molar-refractivity contribution in [1.29, 1.82) is 0 Å². The van der Waals surface area contributed by atoms with Gasteiger partial charge in [-0.1, -0.05) is 53.2 Å². The average Bonchev–Trinajstić information content (AvgIpc) is 3.03. The fraction of sp³-hybridized carbons (Fsp3) is 0.467. The van der Waals surface area contributed by atoms with Crippen LogP contribution in [0.4, 0.5) is 5.95 Å². The van der Waals surface area contributed by atoms with Gasteiger partial charge in [0.05, 0.1) is 16.6 Å². The highest BCUT2D eigenvalue weighted by molar-refractivity contribution is 6.42. The summed E-state index contributed by atoms with van der Waals surface area (Å²) in [6.45, 7) is 5.90. The summed E-state index contributed by atoms with van der Waals surface area (Å²) >= 11 is 18.6. The van der Waals surface area contributed by atoms with E-state index in [9.17, 15) is 4.79 Å². The highest BCUT2D eigenvalue weighted by Crippen LogP contribution is 2.42. The first-order chi connectivity index (χ1) is 11.8. The zero-order chi connectivity index (χ0) is 18.6. The molecular formula is C15H18Cl3N5O2. The Morgan fingerprint density at radius 2 is 1.80 bits per heavy atom. The molecule has 1 aromatic heterocycles. The molecule has 1 N–H and O–H groups in total. The molecule has 1 aromatic carbocycles. The Balaban J connectivity index is 2.00. The van der Waals surface area contributed by atoms with E-state index in [0.29, 0.717) is 22.7 Å². The number of hydrogen-bond acceptors (Lipinski definition) is 5. The number of amides is 1. The van der Waals surface area contributed by atoms with Gasteiger partial charge in [-0.2, -0.15) is 4.80 Å². The molecule has 0 aliphatic carbocycles. The Kier molecular flexibility index (Phi) is 6.87. The molecule has 10 heteroatoms. The molecule has 0 unspecified atom stereocenters. The highest BCUT2D eigenvalue weighted by Gasteiger charge is 2.19. The molecule has 0 bridgehead atoms. The first kappa shape index (κ1) is 19.8. The van der Waals surface area contributed by atoms with Gasteiger partial charge >= 0.3 is 0 Å². The summed E-state index contributed by atoms with van der Waals surface area (Å²) in [7, 11) is 0. The van der Waals surface area contributed by atoms with Crippen LogP contribution >= 0.6 is 34.8 Å². The van der Waals surface area contributed by atoms with E-state index in [1.807, 2.05) is 0 Å². The molecule has 0 aliphatic heterocycles. The van der Waals surface area contributed by atoms with Crippen LogP contribution in [-0.4, -0.2) is 32.7 Å². The number of rotatable bonds is 7. The Hall–Kier alpha value is -1.57. The van der Waals surface area contributed by atoms with E-state index in [-0.39, 0.29) is 28.3 Å². The molecule has 25 heavy (non-hydrogen) atoms. The molecular weight excluding hydrogens is 389 g/mol. The smallest absolute Gasteiger partial charge is 0.270 e. The van der Waals surface area contributed by atoms with Gasteiger partial charge < -0.3 is 4.74 Å². The van der Waals surface area contributed by atoms with Gasteiger partial charge in [0, 0.05) is 5.02 Å². The topological polar surface area (TPSA) is 81.9 Å². The van der Waals surface area contributed by atoms with Crippen molar-refractivity contribution >= 4 is 46.7 Å². The monoisotopic (exact) mass is 405 g/mol. The third-order valence-corrected chi connectivity index (χ3v) is 4.96. The molecule has 0 saturated heterocycles. The van der Waals surface area contributed by atoms with Crippen molar-refractivity contribution < 1.29 is 9.53 Å². The Morgan fingerprint density at radius 1 is 1.16 bits per heavy atom. The predicted molar refractivity (Wildman–Crippen MR) is 97.8 cm³/mol. The van der Waals surface area contributed by atoms with Gasteiger partial charge in [-0.15, -0.1) is 5.10 Å². The van der Waals surface area contributed by atoms with E-state index in [0.717, 1.165) is 12.8 Å². The van der Waals surface area contributed by atoms with Gasteiger partial charge in [0.2, 0.25) is 0 Å². The average molecular weight is 407 g/mol. The summed E-state index contributed by atoms with van der Waals surface area (Å²) in [4.78, 5) is 13.4. The maximum atomic E-state index is 12.0. The number of tetrazole rings is 1. The van der Waals surface area contributed by atoms with Crippen molar-refractivity contribution in [1.82, 2.24) is 20.2 Å². The minimum absolute atomic E-state index is 0.116. The number of nitrogens with one attached hydrogen (secondary N) is 1. The summed E-state index contributed by atoms with van der Waals surface area (Å²) in [6.07, 6.45) is 1.94. The lowest BCUT2D eigenvalue weighted by atomic mass is 10.1. The Morgan fingerprint density at radius 3 is 2.40 bits per heavy atom. The molecule has 0 saturated carbocycles. The van der Waals surface area contributed by atoms with Crippen LogP contribution in [0.1, 0.15) is 30.9 Å². The number of hydrogen-bond donors (Lipinski definition) is 1. The number of carbonyl (C=O) groups excluding carboxylic acids is 1. The molecule has 2 aromatic rings. The second-order valence-electron chi connectivity index (χ2n) is 5.42. The van der Waals surface area contributed by atoms with Gasteiger partial charge in [-0.05, 0) is 36.6 Å². The van der Waals surface area contributed by atoms with E-state index in [1.165, 1.54) is 4.80 Å². The Bertz CT molecular complexity index is 750. The number of halogens is 3. The molecule has 7 nitrogen and oxygen atoms in total. The van der Waals surface area contributed by atoms with Crippen LogP contribution in [0.25, 0.3) is 0 Å². The second-order valence-corrected chi connectivity index (χ2v) is 6.55. The molecule has 0 atom stereocenters. The molecule has 0 spiro atoms. The summed E-state index contributed by atoms with van der Waals surface area (Å²) in [5, 5.41) is 15.2. The number of ether oxygens (including phenoxy) is 1. The van der Waals surface area contributed by atoms with Crippen LogP contribution in [0, 0.1) is 13.8 Å². The Labute approximate surface area is 160 Å². The van der Waals surface area contributed by atoms with Crippen molar-refractivity contribution in [2.24, 2.45) is 0 Å². The zero-order valence-electron chi connectivity index (χ0n) is 14.1. The number of unbranched alkanes of at least 4 members (excludes halogenated alkanes) is 1. The minimum atomic E-state index is -0.451. The predicted octanol–water partition coefficient (Wildman–Crippen LogP) is 4.07. The van der Waals surface area contributed by atoms with Gasteiger partial charge in [0.1, 0.15) is 0 Å². The maximum absolute atomic E-state index is 12.0. The fourth-order valence-corrected chi connectivity index (χ4v) is 2.84. The fourth-order valence-electron chi connectivity index (χ4n) is 2.02. The number of benzene rings is 1. The van der Waals surface area contributed by atoms with E-state index < -0.39 is 5.91 Å². The van der Waals surface area contributed by atoms with E-state index >= 15 is 0 Å². The number of anilines is 1. The normalized spacial score (nSPS) is 10.8. The van der Waals surface area contributed by atoms with Crippen molar-refractivity contribution in [3.63, 3.8) is 0 Å². The SMILES string of the molecule is CCCCn1nnc(NC(=O)COc2c(Cl)c(C)c(Cl)c(C)c2Cl)n1. The van der Waals surface area contributed by atoms with Gasteiger partial charge in [-0.3, -0.25) is 10.1 Å². The number of aromatic nitrogens is 4. The summed E-state index contributed by atoms with van der Waals surface area (Å²) in [6, 6.07) is 0. The zero-order valence-corrected chi connectivity index (χ0v) is 16.3. The van der Waals surface area contributed by atoms with Gasteiger partial charge in [0.15, 0.2) is 12.4 Å². The number of carbonyl (C=O) groups is 1. The summed E-state index contributed by atoms with van der Waals surface area (Å²) in [5.74, 6) is -0.116. The van der Waals surface area contributed by atoms with Gasteiger partial charge in [-0.25, -0.2) is 0 Å². The molecule has 0 aliphatic rings. The van der Waals surface area contributed by atoms with Crippen LogP contribution in [0.2, 0.25) is 15.1 Å². The highest BCUT2D eigenvalue weighted by atomic mass is 35.5.